The third kappa shape index (κ3) is 9.55. The molecule has 4 heteroatoms. The molecule has 4 heavy (non-hydrogen) atoms. The van der Waals surface area contributed by atoms with E-state index >= 15 is 0 Å². The predicted octanol–water partition coefficient (Wildman–Crippen LogP) is -1.29. The SMILES string of the molecule is O.[Ba+2].[Ca+2].[H-].[H-].[H-].[H-].[H-].[H-].[Sr+2]. The van der Waals surface area contributed by atoms with Gasteiger partial charge in [0.2, 0.25) is 0 Å². The van der Waals surface area contributed by atoms with Crippen molar-refractivity contribution in [1.82, 2.24) is 0 Å². The molecule has 0 aliphatic heterocycles. The Hall–Kier alpha value is 4.27. The van der Waals surface area contributed by atoms with Gasteiger partial charge < -0.3 is 14.0 Å². The van der Waals surface area contributed by atoms with Crippen molar-refractivity contribution < 1.29 is 14.0 Å². The maximum Gasteiger partial charge on any atom is 2.00 e. The van der Waals surface area contributed by atoms with Gasteiger partial charge in [-0.25, -0.2) is 0 Å². The molecule has 20 valence electrons. The molecule has 0 atom stereocenters. The first kappa shape index (κ1) is 24.0. The number of rotatable bonds is 0. The van der Waals surface area contributed by atoms with Gasteiger partial charge >= 0.3 is 132 Å². The molecule has 0 radical (unpaired) electrons. The van der Waals surface area contributed by atoms with Crippen LogP contribution in [-0.2, 0) is 0 Å². The maximum absolute atomic E-state index is 0. The van der Waals surface area contributed by atoms with Crippen LogP contribution >= 0.6 is 0 Å². The molecule has 0 spiro atoms. The summed E-state index contributed by atoms with van der Waals surface area (Å²) in [5, 5.41) is 0. The topological polar surface area (TPSA) is 31.5 Å². The van der Waals surface area contributed by atoms with Gasteiger partial charge in [-0.1, -0.05) is 0 Å². The van der Waals surface area contributed by atoms with Gasteiger partial charge in [-0.15, -0.1) is 0 Å². The minimum absolute atomic E-state index is 0. The molecule has 0 unspecified atom stereocenters. The first-order chi connectivity index (χ1) is 0. The van der Waals surface area contributed by atoms with E-state index in [9.17, 15) is 0 Å². The zero-order chi connectivity index (χ0) is 0. The molecule has 0 aromatic rings. The summed E-state index contributed by atoms with van der Waals surface area (Å²) in [6, 6.07) is 0. The Morgan fingerprint density at radius 2 is 1.25 bits per heavy atom. The monoisotopic (exact) mass is 290 g/mol. The van der Waals surface area contributed by atoms with E-state index in [-0.39, 0.29) is 146 Å². The summed E-state index contributed by atoms with van der Waals surface area (Å²) >= 11 is 0. The fourth-order valence-corrected chi connectivity index (χ4v) is 0. The van der Waals surface area contributed by atoms with Gasteiger partial charge in [0.25, 0.3) is 0 Å². The van der Waals surface area contributed by atoms with Gasteiger partial charge in [0.1, 0.15) is 0 Å². The minimum atomic E-state index is 0. The second-order valence-corrected chi connectivity index (χ2v) is 0. The average Bonchev–Trinajstić information content (AvgIpc) is 0. The van der Waals surface area contributed by atoms with Crippen molar-refractivity contribution in [3.63, 3.8) is 0 Å². The molecular weight excluding hydrogens is 281 g/mol. The van der Waals surface area contributed by atoms with Crippen LogP contribution < -0.4 is 0 Å². The van der Waals surface area contributed by atoms with Crippen molar-refractivity contribution in [2.45, 2.75) is 0 Å². The molecule has 0 heterocycles. The van der Waals surface area contributed by atoms with Crippen LogP contribution in [0.25, 0.3) is 0 Å². The molecule has 2 N–H and O–H groups in total. The molecule has 0 rings (SSSR count). The van der Waals surface area contributed by atoms with Crippen LogP contribution in [0, 0.1) is 0 Å². The largest absolute Gasteiger partial charge is 2.00 e. The standard InChI is InChI=1S/Ba.Ca.H2O.Sr.6H/h;;1H2;;;;;;;/q2*+2;;+2;6*-1. The molecule has 0 amide bonds. The summed E-state index contributed by atoms with van der Waals surface area (Å²) in [7, 11) is 0. The molecule has 1 nitrogen and oxygen atoms in total. The molecular formula is H8BaCaOSr. The number of hydrogen-bond donors (Lipinski definition) is 0. The van der Waals surface area contributed by atoms with Crippen LogP contribution in [0.4, 0.5) is 0 Å². The van der Waals surface area contributed by atoms with E-state index in [1.165, 1.54) is 0 Å². The van der Waals surface area contributed by atoms with Crippen molar-refractivity contribution in [3.05, 3.63) is 0 Å². The second-order valence-electron chi connectivity index (χ2n) is 0. The quantitative estimate of drug-likeness (QED) is 0.497. The Bertz CT molecular complexity index is 17.7. The fourth-order valence-electron chi connectivity index (χ4n) is 0. The Morgan fingerprint density at radius 1 is 1.25 bits per heavy atom. The summed E-state index contributed by atoms with van der Waals surface area (Å²) in [4.78, 5) is 0. The van der Waals surface area contributed by atoms with Gasteiger partial charge in [0, 0.05) is 0 Å². The molecule has 0 aliphatic rings. The van der Waals surface area contributed by atoms with E-state index in [1.54, 1.807) is 0 Å². The van der Waals surface area contributed by atoms with Crippen LogP contribution in [0.5, 0.6) is 0 Å². The Balaban J connectivity index is 0. The third-order valence-corrected chi connectivity index (χ3v) is 0. The van der Waals surface area contributed by atoms with Crippen LogP contribution in [0.2, 0.25) is 0 Å². The van der Waals surface area contributed by atoms with E-state index < -0.39 is 0 Å². The fraction of sp³-hybridized carbons (Fsp3) is 0. The smallest absolute Gasteiger partial charge is 1.00 e. The summed E-state index contributed by atoms with van der Waals surface area (Å²) in [5.74, 6) is 0. The predicted molar refractivity (Wildman–Crippen MR) is 27.5 cm³/mol. The second kappa shape index (κ2) is 15.7. The van der Waals surface area contributed by atoms with Gasteiger partial charge in [0.05, 0.1) is 0 Å². The Labute approximate surface area is 142 Å². The van der Waals surface area contributed by atoms with Crippen molar-refractivity contribution >= 4 is 132 Å². The molecule has 0 saturated carbocycles. The van der Waals surface area contributed by atoms with E-state index in [0.29, 0.717) is 0 Å². The van der Waals surface area contributed by atoms with Crippen molar-refractivity contribution in [1.29, 1.82) is 0 Å². The molecule has 0 aliphatic carbocycles. The molecule has 0 bridgehead atoms. The van der Waals surface area contributed by atoms with Gasteiger partial charge in [-0.05, 0) is 0 Å². The van der Waals surface area contributed by atoms with E-state index in [0.717, 1.165) is 0 Å². The number of hydrogen-bond acceptors (Lipinski definition) is 0. The van der Waals surface area contributed by atoms with Crippen LogP contribution in [0.3, 0.4) is 0 Å². The maximum atomic E-state index is 0. The van der Waals surface area contributed by atoms with Crippen molar-refractivity contribution in [2.75, 3.05) is 0 Å². The minimum Gasteiger partial charge on any atom is -1.00 e. The van der Waals surface area contributed by atoms with E-state index in [4.69, 9.17) is 0 Å². The first-order valence-corrected chi connectivity index (χ1v) is 0. The normalized spacial score (nSPS) is 0. The summed E-state index contributed by atoms with van der Waals surface area (Å²) in [6.07, 6.45) is 0. The van der Waals surface area contributed by atoms with Crippen LogP contribution in [0.15, 0.2) is 0 Å². The molecule has 0 saturated heterocycles. The summed E-state index contributed by atoms with van der Waals surface area (Å²) < 4.78 is 0. The Morgan fingerprint density at radius 3 is 1.25 bits per heavy atom. The summed E-state index contributed by atoms with van der Waals surface area (Å²) in [5.41, 5.74) is 0. The van der Waals surface area contributed by atoms with Crippen LogP contribution in [-0.4, -0.2) is 138 Å². The molecule has 0 aromatic carbocycles. The van der Waals surface area contributed by atoms with Crippen molar-refractivity contribution in [3.8, 4) is 0 Å². The average molecular weight is 289 g/mol. The first-order valence-electron chi connectivity index (χ1n) is 0. The van der Waals surface area contributed by atoms with Crippen LogP contribution in [0.1, 0.15) is 8.56 Å². The Kier molecular flexibility index (Phi) is 93.9. The summed E-state index contributed by atoms with van der Waals surface area (Å²) in [6.45, 7) is 0. The zero-order valence-corrected chi connectivity index (χ0v) is 12.7. The third-order valence-electron chi connectivity index (χ3n) is 0. The van der Waals surface area contributed by atoms with Gasteiger partial charge in [-0.3, -0.25) is 0 Å². The van der Waals surface area contributed by atoms with Crippen molar-refractivity contribution in [2.24, 2.45) is 0 Å². The van der Waals surface area contributed by atoms with E-state index in [1.807, 2.05) is 0 Å². The zero-order valence-electron chi connectivity index (χ0n) is 8.62. The molecule has 0 aromatic heterocycles. The van der Waals surface area contributed by atoms with Gasteiger partial charge in [-0.2, -0.15) is 0 Å². The van der Waals surface area contributed by atoms with E-state index in [2.05, 4.69) is 0 Å². The van der Waals surface area contributed by atoms with Gasteiger partial charge in [0.15, 0.2) is 0 Å². The molecule has 0 fully saturated rings.